The van der Waals surface area contributed by atoms with Gasteiger partial charge in [0.25, 0.3) is 0 Å². The molecule has 0 radical (unpaired) electrons. The maximum Gasteiger partial charge on any atom is 0.340 e. The number of rotatable bonds is 2. The summed E-state index contributed by atoms with van der Waals surface area (Å²) in [5, 5.41) is 0. The molecule has 3 rings (SSSR count). The van der Waals surface area contributed by atoms with E-state index in [9.17, 15) is 4.79 Å². The van der Waals surface area contributed by atoms with Crippen LogP contribution in [-0.2, 0) is 4.74 Å². The fourth-order valence-electron chi connectivity index (χ4n) is 2.17. The van der Waals surface area contributed by atoms with Gasteiger partial charge in [0.1, 0.15) is 11.3 Å². The minimum absolute atomic E-state index is 0.392. The Morgan fingerprint density at radius 1 is 1.25 bits per heavy atom. The predicted octanol–water partition coefficient (Wildman–Crippen LogP) is 2.72. The number of hydrogen-bond donors (Lipinski definition) is 1. The maximum absolute atomic E-state index is 11.8. The van der Waals surface area contributed by atoms with Crippen LogP contribution in [0, 0.1) is 6.92 Å². The van der Waals surface area contributed by atoms with Crippen LogP contribution < -0.4 is 0 Å². The second-order valence-corrected chi connectivity index (χ2v) is 4.42. The number of imidazole rings is 1. The van der Waals surface area contributed by atoms with Crippen LogP contribution in [0.2, 0.25) is 0 Å². The van der Waals surface area contributed by atoms with Gasteiger partial charge in [0.2, 0.25) is 0 Å². The van der Waals surface area contributed by atoms with E-state index in [-0.39, 0.29) is 0 Å². The molecule has 1 aromatic carbocycles. The summed E-state index contributed by atoms with van der Waals surface area (Å²) in [6, 6.07) is 9.18. The van der Waals surface area contributed by atoms with Crippen LogP contribution in [0.15, 0.2) is 36.5 Å². The number of nitrogens with zero attached hydrogens (tertiary/aromatic N) is 2. The van der Waals surface area contributed by atoms with Crippen LogP contribution in [0.1, 0.15) is 16.1 Å². The molecule has 0 fully saturated rings. The lowest BCUT2D eigenvalue weighted by molar-refractivity contribution is 0.0603. The topological polar surface area (TPSA) is 67.9 Å². The fourth-order valence-corrected chi connectivity index (χ4v) is 2.17. The normalized spacial score (nSPS) is 10.7. The van der Waals surface area contributed by atoms with E-state index in [4.69, 9.17) is 4.74 Å². The molecule has 0 aliphatic rings. The van der Waals surface area contributed by atoms with Gasteiger partial charge >= 0.3 is 5.97 Å². The first-order valence-electron chi connectivity index (χ1n) is 6.19. The average molecular weight is 267 g/mol. The number of hydrogen-bond acceptors (Lipinski definition) is 4. The van der Waals surface area contributed by atoms with E-state index in [2.05, 4.69) is 15.0 Å². The molecule has 5 heteroatoms. The third-order valence-corrected chi connectivity index (χ3v) is 3.18. The predicted molar refractivity (Wildman–Crippen MR) is 75.4 cm³/mol. The number of benzene rings is 1. The number of aromatic amines is 1. The van der Waals surface area contributed by atoms with E-state index in [0.717, 1.165) is 16.8 Å². The second kappa shape index (κ2) is 4.77. The summed E-state index contributed by atoms with van der Waals surface area (Å²) in [5.74, 6) is 0.304. The number of pyridine rings is 1. The van der Waals surface area contributed by atoms with Crippen molar-refractivity contribution in [2.24, 2.45) is 0 Å². The lowest BCUT2D eigenvalue weighted by Gasteiger charge is -1.99. The van der Waals surface area contributed by atoms with Crippen LogP contribution in [-0.4, -0.2) is 28.0 Å². The van der Waals surface area contributed by atoms with Gasteiger partial charge in [0.15, 0.2) is 0 Å². The molecule has 0 saturated heterocycles. The monoisotopic (exact) mass is 267 g/mol. The van der Waals surface area contributed by atoms with Gasteiger partial charge in [-0.15, -0.1) is 0 Å². The number of H-pyrrole nitrogens is 1. The Kier molecular flexibility index (Phi) is 2.95. The first kappa shape index (κ1) is 12.3. The third kappa shape index (κ3) is 1.93. The molecule has 0 amide bonds. The van der Waals surface area contributed by atoms with Gasteiger partial charge in [-0.25, -0.2) is 9.78 Å². The van der Waals surface area contributed by atoms with E-state index in [1.165, 1.54) is 7.11 Å². The summed E-state index contributed by atoms with van der Waals surface area (Å²) in [6.45, 7) is 1.92. The Morgan fingerprint density at radius 3 is 2.85 bits per heavy atom. The Morgan fingerprint density at radius 2 is 2.10 bits per heavy atom. The van der Waals surface area contributed by atoms with Gasteiger partial charge in [-0.3, -0.25) is 4.98 Å². The number of carbonyl (C=O) groups is 1. The summed E-state index contributed by atoms with van der Waals surface area (Å²) in [7, 11) is 1.36. The number of fused-ring (bicyclic) bond motifs is 1. The third-order valence-electron chi connectivity index (χ3n) is 3.18. The molecule has 2 heterocycles. The molecule has 0 atom stereocenters. The number of esters is 1. The van der Waals surface area contributed by atoms with Gasteiger partial charge in [-0.05, 0) is 31.2 Å². The van der Waals surface area contributed by atoms with Crippen molar-refractivity contribution in [1.29, 1.82) is 0 Å². The molecule has 0 aliphatic heterocycles. The number of aromatic nitrogens is 3. The highest BCUT2D eigenvalue weighted by Gasteiger charge is 2.15. The largest absolute Gasteiger partial charge is 0.465 e. The summed E-state index contributed by atoms with van der Waals surface area (Å²) >= 11 is 0. The lowest BCUT2D eigenvalue weighted by Crippen LogP contribution is -2.01. The molecule has 1 N–H and O–H groups in total. The SMILES string of the molecule is COC(=O)c1cccc2[nH]c(-c3cccnc3C)nc12. The molecular weight excluding hydrogens is 254 g/mol. The van der Waals surface area contributed by atoms with Crippen molar-refractivity contribution in [2.45, 2.75) is 6.92 Å². The highest BCUT2D eigenvalue weighted by atomic mass is 16.5. The van der Waals surface area contributed by atoms with Gasteiger partial charge < -0.3 is 9.72 Å². The molecule has 0 aliphatic carbocycles. The number of carbonyl (C=O) groups excluding carboxylic acids is 1. The molecule has 0 spiro atoms. The van der Waals surface area contributed by atoms with Gasteiger partial charge in [-0.1, -0.05) is 6.07 Å². The van der Waals surface area contributed by atoms with Gasteiger partial charge in [0, 0.05) is 17.5 Å². The van der Waals surface area contributed by atoms with Crippen LogP contribution in [0.25, 0.3) is 22.4 Å². The van der Waals surface area contributed by atoms with Gasteiger partial charge in [0.05, 0.1) is 18.2 Å². The second-order valence-electron chi connectivity index (χ2n) is 4.42. The standard InChI is InChI=1S/C15H13N3O2/c1-9-10(6-4-8-16-9)14-17-12-7-3-5-11(13(12)18-14)15(19)20-2/h3-8H,1-2H3,(H,17,18). The summed E-state index contributed by atoms with van der Waals surface area (Å²) in [4.78, 5) is 23.7. The highest BCUT2D eigenvalue weighted by molar-refractivity contribution is 6.02. The van der Waals surface area contributed by atoms with Gasteiger partial charge in [-0.2, -0.15) is 0 Å². The van der Waals surface area contributed by atoms with E-state index < -0.39 is 5.97 Å². The first-order chi connectivity index (χ1) is 9.70. The number of ether oxygens (including phenoxy) is 1. The Hall–Kier alpha value is -2.69. The first-order valence-corrected chi connectivity index (χ1v) is 6.19. The Bertz CT molecular complexity index is 793. The van der Waals surface area contributed by atoms with Crippen molar-refractivity contribution >= 4 is 17.0 Å². The van der Waals surface area contributed by atoms with Crippen molar-refractivity contribution in [2.75, 3.05) is 7.11 Å². The van der Waals surface area contributed by atoms with Crippen molar-refractivity contribution in [3.8, 4) is 11.4 Å². The summed E-state index contributed by atoms with van der Waals surface area (Å²) in [5.41, 5.74) is 3.66. The fraction of sp³-hybridized carbons (Fsp3) is 0.133. The molecule has 0 unspecified atom stereocenters. The Balaban J connectivity index is 2.21. The minimum atomic E-state index is -0.392. The minimum Gasteiger partial charge on any atom is -0.465 e. The van der Waals surface area contributed by atoms with Crippen molar-refractivity contribution in [3.05, 3.63) is 47.8 Å². The smallest absolute Gasteiger partial charge is 0.340 e. The zero-order valence-corrected chi connectivity index (χ0v) is 11.2. The van der Waals surface area contributed by atoms with Crippen LogP contribution >= 0.6 is 0 Å². The van der Waals surface area contributed by atoms with Crippen LogP contribution in [0.5, 0.6) is 0 Å². The summed E-state index contributed by atoms with van der Waals surface area (Å²) < 4.78 is 4.78. The van der Waals surface area contributed by atoms with E-state index in [1.807, 2.05) is 25.1 Å². The number of methoxy groups -OCH3 is 1. The average Bonchev–Trinajstić information content (AvgIpc) is 2.90. The van der Waals surface area contributed by atoms with Crippen molar-refractivity contribution in [1.82, 2.24) is 15.0 Å². The molecular formula is C15H13N3O2. The van der Waals surface area contributed by atoms with Crippen molar-refractivity contribution in [3.63, 3.8) is 0 Å². The zero-order valence-electron chi connectivity index (χ0n) is 11.2. The highest BCUT2D eigenvalue weighted by Crippen LogP contribution is 2.24. The Labute approximate surface area is 115 Å². The lowest BCUT2D eigenvalue weighted by atomic mass is 10.2. The van der Waals surface area contributed by atoms with E-state index >= 15 is 0 Å². The van der Waals surface area contributed by atoms with E-state index in [1.54, 1.807) is 18.3 Å². The molecule has 2 aromatic heterocycles. The summed E-state index contributed by atoms with van der Waals surface area (Å²) in [6.07, 6.45) is 1.74. The number of aryl methyl sites for hydroxylation is 1. The van der Waals surface area contributed by atoms with Crippen LogP contribution in [0.4, 0.5) is 0 Å². The molecule has 20 heavy (non-hydrogen) atoms. The van der Waals surface area contributed by atoms with Crippen LogP contribution in [0.3, 0.4) is 0 Å². The molecule has 0 saturated carbocycles. The molecule has 0 bridgehead atoms. The molecule has 5 nitrogen and oxygen atoms in total. The molecule has 3 aromatic rings. The maximum atomic E-state index is 11.8. The number of nitrogens with one attached hydrogen (secondary N) is 1. The van der Waals surface area contributed by atoms with Crippen molar-refractivity contribution < 1.29 is 9.53 Å². The van der Waals surface area contributed by atoms with E-state index in [0.29, 0.717) is 16.9 Å². The zero-order chi connectivity index (χ0) is 14.1. The number of para-hydroxylation sites is 1. The molecule has 100 valence electrons. The quantitative estimate of drug-likeness (QED) is 0.725.